The van der Waals surface area contributed by atoms with Gasteiger partial charge in [-0.15, -0.1) is 10.2 Å². The van der Waals surface area contributed by atoms with Gasteiger partial charge in [0.05, 0.1) is 11.3 Å². The molecule has 18 heavy (non-hydrogen) atoms. The second-order valence-corrected chi connectivity index (χ2v) is 4.60. The Labute approximate surface area is 108 Å². The number of furan rings is 1. The van der Waals surface area contributed by atoms with Gasteiger partial charge in [0.1, 0.15) is 17.8 Å². The molecule has 2 aromatic rings. The molecule has 0 fully saturated rings. The van der Waals surface area contributed by atoms with Crippen molar-refractivity contribution in [3.63, 3.8) is 0 Å². The molecule has 0 bridgehead atoms. The van der Waals surface area contributed by atoms with E-state index >= 15 is 0 Å². The summed E-state index contributed by atoms with van der Waals surface area (Å²) in [5.41, 5.74) is 2.45. The van der Waals surface area contributed by atoms with E-state index in [1.54, 1.807) is 6.07 Å². The van der Waals surface area contributed by atoms with E-state index in [1.807, 2.05) is 24.0 Å². The van der Waals surface area contributed by atoms with Crippen LogP contribution >= 0.6 is 11.8 Å². The van der Waals surface area contributed by atoms with Crippen molar-refractivity contribution in [3.05, 3.63) is 29.5 Å². The van der Waals surface area contributed by atoms with Crippen molar-refractivity contribution in [2.75, 3.05) is 0 Å². The molecule has 0 aliphatic rings. The molecule has 0 aromatic carbocycles. The van der Waals surface area contributed by atoms with Gasteiger partial charge in [0.2, 0.25) is 0 Å². The maximum Gasteiger partial charge on any atom is 0.268 e. The summed E-state index contributed by atoms with van der Waals surface area (Å²) < 4.78 is 7.15. The van der Waals surface area contributed by atoms with Crippen LogP contribution in [0.3, 0.4) is 0 Å². The molecular weight excluding hydrogens is 254 g/mol. The molecule has 0 saturated heterocycles. The molecular formula is C10H13N5O2S. The van der Waals surface area contributed by atoms with E-state index < -0.39 is 0 Å². The summed E-state index contributed by atoms with van der Waals surface area (Å²) in [6.45, 7) is 1.88. The van der Waals surface area contributed by atoms with E-state index in [0.717, 1.165) is 11.0 Å². The van der Waals surface area contributed by atoms with E-state index in [2.05, 4.69) is 10.2 Å². The van der Waals surface area contributed by atoms with Gasteiger partial charge in [0.25, 0.3) is 5.91 Å². The van der Waals surface area contributed by atoms with Gasteiger partial charge < -0.3 is 8.98 Å². The van der Waals surface area contributed by atoms with Crippen LogP contribution in [0, 0.1) is 6.92 Å². The van der Waals surface area contributed by atoms with Gasteiger partial charge in [0, 0.05) is 7.05 Å². The van der Waals surface area contributed by atoms with Crippen molar-refractivity contribution in [2.24, 2.45) is 12.9 Å². The van der Waals surface area contributed by atoms with Crippen LogP contribution in [0.2, 0.25) is 0 Å². The number of nitrogens with two attached hydrogens (primary N) is 1. The third-order valence-corrected chi connectivity index (χ3v) is 3.49. The Bertz CT molecular complexity index is 562. The second kappa shape index (κ2) is 5.23. The Balaban J connectivity index is 2.00. The fourth-order valence-electron chi connectivity index (χ4n) is 1.31. The minimum atomic E-state index is -0.371. The van der Waals surface area contributed by atoms with Crippen molar-refractivity contribution in [3.8, 4) is 0 Å². The number of hydrogen-bond acceptors (Lipinski definition) is 6. The van der Waals surface area contributed by atoms with Crippen LogP contribution in [0.15, 0.2) is 21.9 Å². The summed E-state index contributed by atoms with van der Waals surface area (Å²) in [4.78, 5) is 11.2. The topological polar surface area (TPSA) is 99.0 Å². The number of nitrogens with one attached hydrogen (secondary N) is 1. The third-order valence-electron chi connectivity index (χ3n) is 2.44. The summed E-state index contributed by atoms with van der Waals surface area (Å²) in [5.74, 6) is 6.76. The van der Waals surface area contributed by atoms with Crippen molar-refractivity contribution in [2.45, 2.75) is 17.8 Å². The molecule has 0 unspecified atom stereocenters. The number of thioether (sulfide) groups is 1. The first-order chi connectivity index (χ1) is 8.61. The van der Waals surface area contributed by atoms with E-state index in [9.17, 15) is 4.79 Å². The number of hydrogen-bond donors (Lipinski definition) is 2. The number of carbonyl (C=O) groups is 1. The monoisotopic (exact) mass is 267 g/mol. The molecule has 1 amide bonds. The van der Waals surface area contributed by atoms with Gasteiger partial charge in [-0.3, -0.25) is 10.2 Å². The lowest BCUT2D eigenvalue weighted by Crippen LogP contribution is -2.29. The molecule has 0 saturated carbocycles. The first kappa shape index (κ1) is 12.7. The summed E-state index contributed by atoms with van der Waals surface area (Å²) >= 11 is 1.49. The average molecular weight is 267 g/mol. The van der Waals surface area contributed by atoms with Crippen molar-refractivity contribution in [1.29, 1.82) is 0 Å². The highest BCUT2D eigenvalue weighted by atomic mass is 32.2. The average Bonchev–Trinajstić information content (AvgIpc) is 2.96. The van der Waals surface area contributed by atoms with Crippen molar-refractivity contribution >= 4 is 17.7 Å². The summed E-state index contributed by atoms with van der Waals surface area (Å²) in [7, 11) is 1.90. The normalized spacial score (nSPS) is 10.6. The first-order valence-corrected chi connectivity index (χ1v) is 6.17. The van der Waals surface area contributed by atoms with E-state index in [1.165, 1.54) is 18.0 Å². The predicted octanol–water partition coefficient (Wildman–Crippen LogP) is 0.612. The molecule has 2 heterocycles. The molecule has 3 N–H and O–H groups in total. The Hall–Kier alpha value is -1.80. The number of hydrazine groups is 1. The lowest BCUT2D eigenvalue weighted by molar-refractivity contribution is 0.0953. The van der Waals surface area contributed by atoms with Gasteiger partial charge in [-0.1, -0.05) is 11.8 Å². The molecule has 0 aliphatic carbocycles. The van der Waals surface area contributed by atoms with Crippen molar-refractivity contribution in [1.82, 2.24) is 20.2 Å². The zero-order chi connectivity index (χ0) is 13.1. The predicted molar refractivity (Wildman–Crippen MR) is 65.7 cm³/mol. The quantitative estimate of drug-likeness (QED) is 0.364. The minimum Gasteiger partial charge on any atom is -0.468 e. The number of aryl methyl sites for hydroxylation is 1. The van der Waals surface area contributed by atoms with Gasteiger partial charge in [-0.2, -0.15) is 0 Å². The highest BCUT2D eigenvalue weighted by Gasteiger charge is 2.11. The molecule has 8 heteroatoms. The number of aromatic nitrogens is 3. The number of carbonyl (C=O) groups excluding carboxylic acids is 1. The smallest absolute Gasteiger partial charge is 0.268 e. The lowest BCUT2D eigenvalue weighted by Gasteiger charge is -1.98. The summed E-state index contributed by atoms with van der Waals surface area (Å²) in [5, 5.41) is 8.78. The standard InChI is InChI=1S/C10H13N5O2S/c1-6-13-14-10(15(6)2)18-5-8-3-7(4-17-8)9(16)12-11/h3-4H,5,11H2,1-2H3,(H,12,16). The maximum absolute atomic E-state index is 11.2. The SMILES string of the molecule is Cc1nnc(SCc2cc(C(=O)NN)co2)n1C. The van der Waals surface area contributed by atoms with Crippen LogP contribution in [0.25, 0.3) is 0 Å². The minimum absolute atomic E-state index is 0.371. The zero-order valence-electron chi connectivity index (χ0n) is 10.0. The number of rotatable bonds is 4. The molecule has 0 atom stereocenters. The fourth-order valence-corrected chi connectivity index (χ4v) is 2.15. The number of nitrogen functional groups attached to an aromatic ring is 1. The van der Waals surface area contributed by atoms with Gasteiger partial charge >= 0.3 is 0 Å². The van der Waals surface area contributed by atoms with E-state index in [0.29, 0.717) is 17.1 Å². The molecule has 2 rings (SSSR count). The summed E-state index contributed by atoms with van der Waals surface area (Å²) in [6.07, 6.45) is 1.38. The zero-order valence-corrected chi connectivity index (χ0v) is 10.8. The number of nitrogens with zero attached hydrogens (tertiary/aromatic N) is 3. The highest BCUT2D eigenvalue weighted by molar-refractivity contribution is 7.98. The molecule has 0 aliphatic heterocycles. The van der Waals surface area contributed by atoms with E-state index in [-0.39, 0.29) is 5.91 Å². The van der Waals surface area contributed by atoms with Crippen LogP contribution in [-0.2, 0) is 12.8 Å². The maximum atomic E-state index is 11.2. The van der Waals surface area contributed by atoms with Crippen LogP contribution in [0.5, 0.6) is 0 Å². The third kappa shape index (κ3) is 2.54. The fraction of sp³-hybridized carbons (Fsp3) is 0.300. The van der Waals surface area contributed by atoms with Crippen LogP contribution in [0.1, 0.15) is 21.9 Å². The van der Waals surface area contributed by atoms with Crippen LogP contribution < -0.4 is 11.3 Å². The Morgan fingerprint density at radius 2 is 2.39 bits per heavy atom. The van der Waals surface area contributed by atoms with Crippen LogP contribution in [0.4, 0.5) is 0 Å². The Kier molecular flexibility index (Phi) is 3.68. The van der Waals surface area contributed by atoms with Gasteiger partial charge in [-0.05, 0) is 13.0 Å². The molecule has 2 aromatic heterocycles. The molecule has 0 radical (unpaired) electrons. The van der Waals surface area contributed by atoms with Crippen molar-refractivity contribution < 1.29 is 9.21 Å². The highest BCUT2D eigenvalue weighted by Crippen LogP contribution is 2.22. The van der Waals surface area contributed by atoms with E-state index in [4.69, 9.17) is 10.3 Å². The van der Waals surface area contributed by atoms with Crippen LogP contribution in [-0.4, -0.2) is 20.7 Å². The lowest BCUT2D eigenvalue weighted by atomic mass is 10.3. The number of amides is 1. The Morgan fingerprint density at radius 3 is 3.00 bits per heavy atom. The molecule has 96 valence electrons. The van der Waals surface area contributed by atoms with Gasteiger partial charge in [-0.25, -0.2) is 5.84 Å². The first-order valence-electron chi connectivity index (χ1n) is 5.19. The second-order valence-electron chi connectivity index (χ2n) is 3.65. The molecule has 7 nitrogen and oxygen atoms in total. The largest absolute Gasteiger partial charge is 0.468 e. The van der Waals surface area contributed by atoms with Gasteiger partial charge in [0.15, 0.2) is 5.16 Å². The Morgan fingerprint density at radius 1 is 1.61 bits per heavy atom. The summed E-state index contributed by atoms with van der Waals surface area (Å²) in [6, 6.07) is 1.65. The molecule has 0 spiro atoms.